The van der Waals surface area contributed by atoms with Gasteiger partial charge in [-0.25, -0.2) is 4.79 Å². The monoisotopic (exact) mass is 194 g/mol. The average molecular weight is 194 g/mol. The van der Waals surface area contributed by atoms with Crippen molar-refractivity contribution < 1.29 is 29.3 Å². The van der Waals surface area contributed by atoms with Crippen molar-refractivity contribution in [2.24, 2.45) is 0 Å². The van der Waals surface area contributed by atoms with Crippen LogP contribution < -0.4 is 4.89 Å². The van der Waals surface area contributed by atoms with E-state index < -0.39 is 32.0 Å². The summed E-state index contributed by atoms with van der Waals surface area (Å²) in [6.07, 6.45) is -0.844. The molecule has 0 bridgehead atoms. The Morgan fingerprint density at radius 2 is 1.92 bits per heavy atom. The summed E-state index contributed by atoms with van der Waals surface area (Å²) in [6, 6.07) is 0. The van der Waals surface area contributed by atoms with E-state index in [1.165, 1.54) is 0 Å². The van der Waals surface area contributed by atoms with Crippen LogP contribution in [0.4, 0.5) is 0 Å². The quantitative estimate of drug-likeness (QED) is 0.565. The second kappa shape index (κ2) is 4.79. The summed E-state index contributed by atoms with van der Waals surface area (Å²) in [7, 11) is -3.10. The fraction of sp³-hybridized carbons (Fsp3) is 0.600. The molecule has 6 nitrogen and oxygen atoms in total. The third-order valence-corrected chi connectivity index (χ3v) is 2.16. The summed E-state index contributed by atoms with van der Waals surface area (Å²) >= 11 is 0. The molecule has 2 N–H and O–H groups in total. The van der Waals surface area contributed by atoms with E-state index in [2.05, 4.69) is 0 Å². The molecule has 2 unspecified atom stereocenters. The van der Waals surface area contributed by atoms with E-state index in [-0.39, 0.29) is 6.42 Å². The summed E-state index contributed by atoms with van der Waals surface area (Å²) in [5, 5.41) is 16.4. The normalized spacial score (nSPS) is 13.6. The third kappa shape index (κ3) is 4.00. The molecule has 0 aliphatic carbocycles. The van der Waals surface area contributed by atoms with Crippen molar-refractivity contribution in [2.75, 3.05) is 0 Å². The minimum atomic E-state index is -3.10. The Hall–Kier alpha value is -1.00. The summed E-state index contributed by atoms with van der Waals surface area (Å²) in [5.74, 6) is -2.72. The van der Waals surface area contributed by atoms with Crippen LogP contribution in [0.15, 0.2) is 0 Å². The Labute approximate surface area is 68.7 Å². The van der Waals surface area contributed by atoms with Gasteiger partial charge in [-0.05, 0) is 0 Å². The van der Waals surface area contributed by atoms with Gasteiger partial charge in [0.2, 0.25) is 5.66 Å². The van der Waals surface area contributed by atoms with Crippen LogP contribution in [0.3, 0.4) is 0 Å². The van der Waals surface area contributed by atoms with Crippen LogP contribution in [0, 0.1) is 0 Å². The smallest absolute Gasteiger partial charge is 0.355 e. The molecule has 0 rings (SSSR count). The van der Waals surface area contributed by atoms with E-state index in [4.69, 9.17) is 10.2 Å². The van der Waals surface area contributed by atoms with Gasteiger partial charge in [-0.1, -0.05) is 4.57 Å². The highest BCUT2D eigenvalue weighted by Gasteiger charge is 2.30. The number of rotatable bonds is 5. The van der Waals surface area contributed by atoms with Gasteiger partial charge in [0, 0.05) is 6.42 Å². The van der Waals surface area contributed by atoms with Gasteiger partial charge in [0.15, 0.2) is 0 Å². The summed E-state index contributed by atoms with van der Waals surface area (Å²) in [6.45, 7) is 0. The summed E-state index contributed by atoms with van der Waals surface area (Å²) in [4.78, 5) is 30.4. The van der Waals surface area contributed by atoms with Gasteiger partial charge in [-0.2, -0.15) is 0 Å². The number of carboxylic acid groups (broad SMARTS) is 2. The molecule has 0 amide bonds. The maximum Gasteiger partial charge on any atom is 0.355 e. The second-order valence-electron chi connectivity index (χ2n) is 2.07. The number of carbonyl (C=O) groups is 2. The summed E-state index contributed by atoms with van der Waals surface area (Å²) < 4.78 is 10.2. The Kier molecular flexibility index (Phi) is 4.39. The third-order valence-electron chi connectivity index (χ3n) is 1.17. The maximum absolute atomic E-state index is 10.2. The molecule has 0 radical (unpaired) electrons. The van der Waals surface area contributed by atoms with Crippen molar-refractivity contribution in [1.29, 1.82) is 0 Å². The Morgan fingerprint density at radius 1 is 1.42 bits per heavy atom. The topological polar surface area (TPSA) is 115 Å². The lowest BCUT2D eigenvalue weighted by Crippen LogP contribution is -2.20. The number of aliphatic carboxylic acids is 2. The maximum atomic E-state index is 10.2. The van der Waals surface area contributed by atoms with E-state index >= 15 is 0 Å². The molecule has 0 aromatic carbocycles. The average Bonchev–Trinajstić information content (AvgIpc) is 1.84. The molecule has 0 aliphatic rings. The number of carboxylic acids is 2. The van der Waals surface area contributed by atoms with Gasteiger partial charge in [0.05, 0.1) is 6.42 Å². The highest BCUT2D eigenvalue weighted by molar-refractivity contribution is 7.38. The van der Waals surface area contributed by atoms with Crippen molar-refractivity contribution in [3.63, 3.8) is 0 Å². The molecule has 0 aromatic heterocycles. The molecule has 12 heavy (non-hydrogen) atoms. The zero-order chi connectivity index (χ0) is 9.72. The summed E-state index contributed by atoms with van der Waals surface area (Å²) in [5.41, 5.74) is -1.59. The highest BCUT2D eigenvalue weighted by atomic mass is 31.1. The SMILES string of the molecule is O=C(O)CCC(C(=O)O)[P+](=O)[O-]. The lowest BCUT2D eigenvalue weighted by Gasteiger charge is -2.00. The van der Waals surface area contributed by atoms with Gasteiger partial charge in [-0.15, -0.1) is 0 Å². The van der Waals surface area contributed by atoms with E-state index in [0.717, 1.165) is 0 Å². The largest absolute Gasteiger partial charge is 0.595 e. The molecule has 0 saturated carbocycles. The molecule has 0 heterocycles. The number of hydrogen-bond donors (Lipinski definition) is 2. The highest BCUT2D eigenvalue weighted by Crippen LogP contribution is 2.22. The van der Waals surface area contributed by atoms with Crippen LogP contribution in [0.5, 0.6) is 0 Å². The Balaban J connectivity index is 4.06. The fourth-order valence-corrected chi connectivity index (χ4v) is 1.10. The zero-order valence-electron chi connectivity index (χ0n) is 5.97. The van der Waals surface area contributed by atoms with Crippen LogP contribution in [-0.2, 0) is 14.2 Å². The van der Waals surface area contributed by atoms with E-state index in [0.29, 0.717) is 0 Å². The molecular formula is C5H7O6P. The molecule has 0 spiro atoms. The van der Waals surface area contributed by atoms with Crippen LogP contribution in [0.1, 0.15) is 12.8 Å². The number of hydrogen-bond acceptors (Lipinski definition) is 4. The van der Waals surface area contributed by atoms with Gasteiger partial charge in [-0.3, -0.25) is 4.79 Å². The molecular weight excluding hydrogens is 187 g/mol. The first-order valence-corrected chi connectivity index (χ1v) is 4.28. The van der Waals surface area contributed by atoms with Gasteiger partial charge in [0.1, 0.15) is 0 Å². The van der Waals surface area contributed by atoms with Crippen molar-refractivity contribution in [3.05, 3.63) is 0 Å². The minimum absolute atomic E-state index is 0.386. The lowest BCUT2D eigenvalue weighted by molar-refractivity contribution is -0.169. The Bertz CT molecular complexity index is 198. The lowest BCUT2D eigenvalue weighted by atomic mass is 10.2. The molecule has 0 aromatic rings. The van der Waals surface area contributed by atoms with Crippen molar-refractivity contribution >= 4 is 20.0 Å². The fourth-order valence-electron chi connectivity index (χ4n) is 0.579. The van der Waals surface area contributed by atoms with Crippen LogP contribution in [0.25, 0.3) is 0 Å². The van der Waals surface area contributed by atoms with Gasteiger partial charge >= 0.3 is 20.0 Å². The van der Waals surface area contributed by atoms with Crippen molar-refractivity contribution in [3.8, 4) is 0 Å². The van der Waals surface area contributed by atoms with E-state index in [9.17, 15) is 19.0 Å². The van der Waals surface area contributed by atoms with Crippen LogP contribution in [-0.4, -0.2) is 27.8 Å². The first-order valence-electron chi connectivity index (χ1n) is 3.03. The molecule has 0 fully saturated rings. The van der Waals surface area contributed by atoms with E-state index in [1.54, 1.807) is 0 Å². The standard InChI is InChI=1S/C5H7O6P/c6-4(7)2-1-3(5(8)9)12(10)11/h3H,1-2H2,(H,6,7)(H,8,9). The van der Waals surface area contributed by atoms with Gasteiger partial charge in [0.25, 0.3) is 0 Å². The molecule has 68 valence electrons. The predicted molar refractivity (Wildman–Crippen MR) is 35.9 cm³/mol. The van der Waals surface area contributed by atoms with Crippen molar-refractivity contribution in [1.82, 2.24) is 0 Å². The molecule has 0 aliphatic heterocycles. The Morgan fingerprint density at radius 3 is 2.17 bits per heavy atom. The first-order chi connectivity index (χ1) is 5.45. The minimum Gasteiger partial charge on any atom is -0.595 e. The van der Waals surface area contributed by atoms with Crippen LogP contribution in [0.2, 0.25) is 0 Å². The predicted octanol–water partition coefficient (Wildman–Crippen LogP) is -0.593. The second-order valence-corrected chi connectivity index (χ2v) is 3.27. The molecule has 2 atom stereocenters. The van der Waals surface area contributed by atoms with Gasteiger partial charge < -0.3 is 15.1 Å². The first kappa shape index (κ1) is 11.0. The zero-order valence-corrected chi connectivity index (χ0v) is 6.86. The van der Waals surface area contributed by atoms with E-state index in [1.807, 2.05) is 0 Å². The van der Waals surface area contributed by atoms with Crippen LogP contribution >= 0.6 is 8.03 Å². The molecule has 0 saturated heterocycles. The molecule has 7 heteroatoms. The van der Waals surface area contributed by atoms with Crippen molar-refractivity contribution in [2.45, 2.75) is 18.5 Å².